The van der Waals surface area contributed by atoms with Crippen molar-refractivity contribution in [1.29, 1.82) is 0 Å². The van der Waals surface area contributed by atoms with Gasteiger partial charge in [-0.2, -0.15) is 0 Å². The second-order valence-electron chi connectivity index (χ2n) is 9.43. The number of hydrogen-bond donors (Lipinski definition) is 0. The van der Waals surface area contributed by atoms with E-state index in [-0.39, 0.29) is 16.7 Å². The highest BCUT2D eigenvalue weighted by Gasteiger charge is 2.39. The van der Waals surface area contributed by atoms with Gasteiger partial charge in [-0.15, -0.1) is 0 Å². The number of carbonyl (C=O) groups is 2. The van der Waals surface area contributed by atoms with Crippen LogP contribution in [0.15, 0.2) is 54.6 Å². The maximum absolute atomic E-state index is 13.6. The Bertz CT molecular complexity index is 1210. The minimum atomic E-state index is -2.38. The first-order valence-electron chi connectivity index (χ1n) is 10.8. The largest absolute Gasteiger partial charge is 0.459 e. The topological polar surface area (TPSA) is 51.2 Å². The highest BCUT2D eigenvalue weighted by molar-refractivity contribution is 7.71. The van der Waals surface area contributed by atoms with Crippen LogP contribution in [-0.2, 0) is 9.98 Å². The lowest BCUT2D eigenvalue weighted by Crippen LogP contribution is -2.18. The number of carbonyl (C=O) groups excluding carboxylic acids is 2. The van der Waals surface area contributed by atoms with Crippen molar-refractivity contribution in [2.45, 2.75) is 53.9 Å². The fourth-order valence-electron chi connectivity index (χ4n) is 4.08. The zero-order chi connectivity index (χ0) is 23.8. The van der Waals surface area contributed by atoms with Crippen molar-refractivity contribution in [2.75, 3.05) is 0 Å². The van der Waals surface area contributed by atoms with Gasteiger partial charge in [0.25, 0.3) is 0 Å². The van der Waals surface area contributed by atoms with Gasteiger partial charge in [-0.1, -0.05) is 79.9 Å². The SMILES string of the molecule is Cc1cc(C(C)(C)C)cc(C)c1C(=O)[P+](=O)c1c(C)ccc(C(=O)c2ccccc2)c1C. The smallest absolute Gasteiger partial charge is 0.289 e. The Balaban J connectivity index is 2.07. The van der Waals surface area contributed by atoms with Gasteiger partial charge in [0.15, 0.2) is 5.78 Å². The molecule has 0 saturated heterocycles. The molecule has 3 aromatic carbocycles. The molecule has 0 radical (unpaired) electrons. The highest BCUT2D eigenvalue weighted by Crippen LogP contribution is 2.35. The minimum absolute atomic E-state index is 0.0431. The van der Waals surface area contributed by atoms with Crippen LogP contribution >= 0.6 is 7.80 Å². The van der Waals surface area contributed by atoms with Crippen molar-refractivity contribution in [1.82, 2.24) is 0 Å². The molecule has 0 bridgehead atoms. The van der Waals surface area contributed by atoms with Crippen LogP contribution in [0.1, 0.15) is 74.9 Å². The van der Waals surface area contributed by atoms with E-state index in [0.29, 0.717) is 27.6 Å². The lowest BCUT2D eigenvalue weighted by atomic mass is 9.84. The highest BCUT2D eigenvalue weighted by atomic mass is 31.1. The van der Waals surface area contributed by atoms with Crippen LogP contribution in [0, 0.1) is 27.7 Å². The molecular formula is C28H30O3P+. The Morgan fingerprint density at radius 3 is 1.88 bits per heavy atom. The molecule has 0 heterocycles. The Hall–Kier alpha value is -2.90. The average Bonchev–Trinajstić information content (AvgIpc) is 2.72. The Morgan fingerprint density at radius 2 is 1.34 bits per heavy atom. The number of benzene rings is 3. The van der Waals surface area contributed by atoms with E-state index in [1.807, 2.05) is 51.1 Å². The second kappa shape index (κ2) is 8.92. The minimum Gasteiger partial charge on any atom is -0.289 e. The molecule has 0 aliphatic rings. The zero-order valence-corrected chi connectivity index (χ0v) is 20.8. The first-order valence-corrected chi connectivity index (χ1v) is 12.0. The number of hydrogen-bond acceptors (Lipinski definition) is 3. The Labute approximate surface area is 191 Å². The number of rotatable bonds is 5. The van der Waals surface area contributed by atoms with Gasteiger partial charge in [-0.25, -0.2) is 4.79 Å². The molecule has 1 unspecified atom stereocenters. The molecule has 0 saturated carbocycles. The molecule has 0 spiro atoms. The maximum Gasteiger partial charge on any atom is 0.459 e. The Kier molecular flexibility index (Phi) is 6.62. The average molecular weight is 446 g/mol. The summed E-state index contributed by atoms with van der Waals surface area (Å²) in [5.41, 5.74) is 5.29. The summed E-state index contributed by atoms with van der Waals surface area (Å²) >= 11 is 0. The molecule has 3 aromatic rings. The molecule has 0 aromatic heterocycles. The van der Waals surface area contributed by atoms with Crippen molar-refractivity contribution in [3.63, 3.8) is 0 Å². The van der Waals surface area contributed by atoms with Crippen molar-refractivity contribution in [3.05, 3.63) is 99.1 Å². The van der Waals surface area contributed by atoms with Gasteiger partial charge in [-0.05, 0) is 49.8 Å². The fourth-order valence-corrected chi connectivity index (χ4v) is 5.65. The predicted molar refractivity (Wildman–Crippen MR) is 132 cm³/mol. The van der Waals surface area contributed by atoms with Crippen molar-refractivity contribution < 1.29 is 14.2 Å². The van der Waals surface area contributed by atoms with Crippen LogP contribution in [0.25, 0.3) is 0 Å². The van der Waals surface area contributed by atoms with E-state index in [2.05, 4.69) is 20.8 Å². The molecular weight excluding hydrogens is 415 g/mol. The molecule has 0 aliphatic heterocycles. The molecule has 164 valence electrons. The fraction of sp³-hybridized carbons (Fsp3) is 0.286. The van der Waals surface area contributed by atoms with E-state index >= 15 is 0 Å². The zero-order valence-electron chi connectivity index (χ0n) is 19.9. The molecule has 1 atom stereocenters. The normalized spacial score (nSPS) is 11.9. The summed E-state index contributed by atoms with van der Waals surface area (Å²) in [5.74, 6) is -0.137. The van der Waals surface area contributed by atoms with Crippen LogP contribution in [0.4, 0.5) is 0 Å². The van der Waals surface area contributed by atoms with Gasteiger partial charge in [0.05, 0.1) is 5.56 Å². The van der Waals surface area contributed by atoms with Crippen molar-refractivity contribution in [3.8, 4) is 0 Å². The first kappa shape index (κ1) is 23.8. The maximum atomic E-state index is 13.6. The van der Waals surface area contributed by atoms with E-state index in [1.165, 1.54) is 0 Å². The third-order valence-corrected chi connectivity index (χ3v) is 7.60. The van der Waals surface area contributed by atoms with Gasteiger partial charge in [0.2, 0.25) is 5.30 Å². The molecule has 4 heteroatoms. The lowest BCUT2D eigenvalue weighted by molar-refractivity contribution is 0.103. The monoisotopic (exact) mass is 445 g/mol. The van der Waals surface area contributed by atoms with Crippen molar-refractivity contribution in [2.24, 2.45) is 0 Å². The first-order chi connectivity index (χ1) is 14.9. The van der Waals surface area contributed by atoms with Crippen LogP contribution in [0.2, 0.25) is 0 Å². The predicted octanol–water partition coefficient (Wildman–Crippen LogP) is 6.74. The molecule has 3 nitrogen and oxygen atoms in total. The summed E-state index contributed by atoms with van der Waals surface area (Å²) in [5, 5.41) is 0.463. The molecule has 32 heavy (non-hydrogen) atoms. The van der Waals surface area contributed by atoms with Crippen LogP contribution in [0.3, 0.4) is 0 Å². The summed E-state index contributed by atoms with van der Waals surface area (Å²) in [6.45, 7) is 13.8. The van der Waals surface area contributed by atoms with Gasteiger partial charge in [-0.3, -0.25) is 4.79 Å². The molecule has 3 rings (SSSR count). The van der Waals surface area contributed by atoms with Crippen LogP contribution in [-0.4, -0.2) is 11.3 Å². The van der Waals surface area contributed by atoms with Crippen LogP contribution < -0.4 is 5.30 Å². The lowest BCUT2D eigenvalue weighted by Gasteiger charge is -2.21. The summed E-state index contributed by atoms with van der Waals surface area (Å²) in [6.07, 6.45) is 0. The summed E-state index contributed by atoms with van der Waals surface area (Å²) in [7, 11) is -2.38. The quantitative estimate of drug-likeness (QED) is 0.323. The van der Waals surface area contributed by atoms with Gasteiger partial charge >= 0.3 is 13.3 Å². The molecule has 0 aliphatic carbocycles. The number of aryl methyl sites for hydroxylation is 3. The van der Waals surface area contributed by atoms with E-state index < -0.39 is 7.80 Å². The van der Waals surface area contributed by atoms with E-state index in [4.69, 9.17) is 0 Å². The molecule has 0 N–H and O–H groups in total. The van der Waals surface area contributed by atoms with E-state index in [1.54, 1.807) is 31.2 Å². The Morgan fingerprint density at radius 1 is 0.781 bits per heavy atom. The van der Waals surface area contributed by atoms with Gasteiger partial charge < -0.3 is 0 Å². The molecule has 0 amide bonds. The summed E-state index contributed by atoms with van der Waals surface area (Å²) in [4.78, 5) is 26.5. The summed E-state index contributed by atoms with van der Waals surface area (Å²) in [6, 6.07) is 16.6. The van der Waals surface area contributed by atoms with E-state index in [0.717, 1.165) is 22.3 Å². The summed E-state index contributed by atoms with van der Waals surface area (Å²) < 4.78 is 13.6. The van der Waals surface area contributed by atoms with E-state index in [9.17, 15) is 14.2 Å². The molecule has 0 fully saturated rings. The van der Waals surface area contributed by atoms with Crippen molar-refractivity contribution >= 4 is 24.4 Å². The number of ketones is 1. The third-order valence-electron chi connectivity index (χ3n) is 5.91. The van der Waals surface area contributed by atoms with Crippen LogP contribution in [0.5, 0.6) is 0 Å². The second-order valence-corrected chi connectivity index (χ2v) is 10.9. The van der Waals surface area contributed by atoms with Gasteiger partial charge in [0, 0.05) is 22.3 Å². The van der Waals surface area contributed by atoms with Gasteiger partial charge in [0.1, 0.15) is 0 Å². The third kappa shape index (κ3) is 4.49. The standard InChI is InChI=1S/C28H30O3P/c1-17-13-14-23(25(29)21-11-9-8-10-12-21)20(4)26(17)32(31)27(30)24-18(2)15-22(16-19(24)3)28(5,6)7/h8-16H,1-7H3/q+1.